The molecule has 6 heteroatoms. The lowest BCUT2D eigenvalue weighted by Crippen LogP contribution is -2.49. The molecule has 1 saturated heterocycles. The number of aliphatic hydroxyl groups is 1. The van der Waals surface area contributed by atoms with Crippen LogP contribution in [0.25, 0.3) is 0 Å². The van der Waals surface area contributed by atoms with Gasteiger partial charge in [-0.1, -0.05) is 20.8 Å². The Labute approximate surface area is 106 Å². The van der Waals surface area contributed by atoms with E-state index in [0.29, 0.717) is 6.54 Å². The molecule has 0 spiro atoms. The first-order valence-corrected chi connectivity index (χ1v) is 9.22. The van der Waals surface area contributed by atoms with Gasteiger partial charge in [0.15, 0.2) is 8.32 Å². The number of hydrogen-bond donors (Lipinski definition) is 2. The molecule has 3 N–H and O–H groups in total. The molecule has 1 rings (SSSR count). The largest absolute Gasteiger partial charge is 0.409 e. The average Bonchev–Trinajstić information content (AvgIpc) is 2.43. The van der Waals surface area contributed by atoms with Gasteiger partial charge >= 0.3 is 0 Å². The Hall–Kier alpha value is 0.122. The van der Waals surface area contributed by atoms with Crippen LogP contribution >= 0.6 is 0 Å². The zero-order valence-corrected chi connectivity index (χ0v) is 12.9. The van der Waals surface area contributed by atoms with E-state index in [1.807, 2.05) is 7.85 Å². The van der Waals surface area contributed by atoms with Crippen molar-refractivity contribution in [2.24, 2.45) is 5.73 Å². The minimum absolute atomic E-state index is 0.0901. The zero-order valence-electron chi connectivity index (χ0n) is 11.9. The Bertz CT molecular complexity index is 270. The van der Waals surface area contributed by atoms with E-state index < -0.39 is 14.4 Å². The molecule has 1 heterocycles. The van der Waals surface area contributed by atoms with Crippen LogP contribution in [0.2, 0.25) is 18.1 Å². The molecule has 0 amide bonds. The van der Waals surface area contributed by atoms with Crippen LogP contribution in [0.5, 0.6) is 0 Å². The van der Waals surface area contributed by atoms with E-state index in [1.54, 1.807) is 0 Å². The molecular weight excluding hydrogens is 233 g/mol. The summed E-state index contributed by atoms with van der Waals surface area (Å²) in [5.41, 5.74) is 5.57. The van der Waals surface area contributed by atoms with Crippen molar-refractivity contribution in [3.8, 4) is 0 Å². The van der Waals surface area contributed by atoms with Gasteiger partial charge in [-0.25, -0.2) is 0 Å². The first-order valence-electron chi connectivity index (χ1n) is 6.31. The van der Waals surface area contributed by atoms with E-state index in [9.17, 15) is 5.11 Å². The molecule has 0 saturated carbocycles. The standard InChI is InChI=1S/C11H26BNO3Si/c1-11(2,3)17(4,5)16-9-8(14)7(6-13)15-10(9)12/h7-10,14H,6,12-13H2,1-5H3/t7-,8?,9?,10-/m1/s1. The van der Waals surface area contributed by atoms with E-state index in [-0.39, 0.29) is 23.2 Å². The third-order valence-corrected chi connectivity index (χ3v) is 8.51. The summed E-state index contributed by atoms with van der Waals surface area (Å²) >= 11 is 0. The maximum atomic E-state index is 10.1. The first kappa shape index (κ1) is 15.2. The monoisotopic (exact) mass is 259 g/mol. The van der Waals surface area contributed by atoms with Crippen LogP contribution in [0, 0.1) is 0 Å². The van der Waals surface area contributed by atoms with Crippen LogP contribution in [0.3, 0.4) is 0 Å². The summed E-state index contributed by atoms with van der Waals surface area (Å²) in [6.07, 6.45) is -1.15. The molecule has 0 bridgehead atoms. The molecule has 4 atom stereocenters. The molecule has 0 aromatic rings. The second-order valence-corrected chi connectivity index (χ2v) is 11.2. The van der Waals surface area contributed by atoms with Crippen molar-refractivity contribution in [3.05, 3.63) is 0 Å². The predicted molar refractivity (Wildman–Crippen MR) is 74.3 cm³/mol. The van der Waals surface area contributed by atoms with Gasteiger partial charge in [0.1, 0.15) is 14.0 Å². The van der Waals surface area contributed by atoms with Crippen molar-refractivity contribution in [1.82, 2.24) is 0 Å². The molecule has 100 valence electrons. The SMILES string of the molecule is B[C@@H]1O[C@H](CN)C(O)C1O[Si](C)(C)C(C)(C)C. The molecule has 1 aliphatic heterocycles. The summed E-state index contributed by atoms with van der Waals surface area (Å²) in [5, 5.41) is 10.3. The van der Waals surface area contributed by atoms with E-state index in [2.05, 4.69) is 33.9 Å². The number of rotatable bonds is 3. The highest BCUT2D eigenvalue weighted by atomic mass is 28.4. The van der Waals surface area contributed by atoms with Gasteiger partial charge in [0.25, 0.3) is 0 Å². The van der Waals surface area contributed by atoms with Crippen LogP contribution in [0.4, 0.5) is 0 Å². The van der Waals surface area contributed by atoms with Crippen LogP contribution in [0.15, 0.2) is 0 Å². The quantitative estimate of drug-likeness (QED) is 0.703. The molecule has 2 unspecified atom stereocenters. The van der Waals surface area contributed by atoms with Crippen LogP contribution < -0.4 is 5.73 Å². The highest BCUT2D eigenvalue weighted by Crippen LogP contribution is 2.39. The molecule has 1 fully saturated rings. The second-order valence-electron chi connectivity index (χ2n) is 6.45. The molecule has 4 nitrogen and oxygen atoms in total. The van der Waals surface area contributed by atoms with Gasteiger partial charge in [0.2, 0.25) is 0 Å². The zero-order chi connectivity index (χ0) is 13.4. The van der Waals surface area contributed by atoms with Crippen LogP contribution in [-0.4, -0.2) is 52.1 Å². The summed E-state index contributed by atoms with van der Waals surface area (Å²) in [6.45, 7) is 11.3. The summed E-state index contributed by atoms with van der Waals surface area (Å²) in [7, 11) is 0.0645. The molecule has 0 aliphatic carbocycles. The van der Waals surface area contributed by atoms with Gasteiger partial charge in [-0.15, -0.1) is 0 Å². The molecule has 1 aliphatic rings. The summed E-state index contributed by atoms with van der Waals surface area (Å²) in [4.78, 5) is 0. The molecule has 0 radical (unpaired) electrons. The number of ether oxygens (including phenoxy) is 1. The summed E-state index contributed by atoms with van der Waals surface area (Å²) in [6, 6.07) is -0.0901. The van der Waals surface area contributed by atoms with Crippen molar-refractivity contribution >= 4 is 16.2 Å². The Morgan fingerprint density at radius 1 is 1.41 bits per heavy atom. The predicted octanol–water partition coefficient (Wildman–Crippen LogP) is 0.0544. The fourth-order valence-electron chi connectivity index (χ4n) is 1.80. The minimum atomic E-state index is -1.88. The van der Waals surface area contributed by atoms with Crippen molar-refractivity contribution in [2.45, 2.75) is 63.2 Å². The van der Waals surface area contributed by atoms with Crippen LogP contribution in [0.1, 0.15) is 20.8 Å². The highest BCUT2D eigenvalue weighted by molar-refractivity contribution is 6.74. The second kappa shape index (κ2) is 5.01. The topological polar surface area (TPSA) is 64.7 Å². The lowest BCUT2D eigenvalue weighted by Gasteiger charge is -2.39. The maximum absolute atomic E-state index is 10.1. The number of nitrogens with two attached hydrogens (primary N) is 1. The Kier molecular flexibility index (Phi) is 4.48. The van der Waals surface area contributed by atoms with E-state index in [1.165, 1.54) is 0 Å². The number of hydrogen-bond acceptors (Lipinski definition) is 4. The van der Waals surface area contributed by atoms with Crippen LogP contribution in [-0.2, 0) is 9.16 Å². The Morgan fingerprint density at radius 3 is 2.29 bits per heavy atom. The van der Waals surface area contributed by atoms with Gasteiger partial charge in [0.05, 0.1) is 18.2 Å². The van der Waals surface area contributed by atoms with Gasteiger partial charge < -0.3 is 20.0 Å². The summed E-state index contributed by atoms with van der Waals surface area (Å²) in [5.74, 6) is 0. The fourth-order valence-corrected chi connectivity index (χ4v) is 3.17. The molecule has 0 aromatic carbocycles. The van der Waals surface area contributed by atoms with Crippen molar-refractivity contribution in [3.63, 3.8) is 0 Å². The number of aliphatic hydroxyl groups excluding tert-OH is 1. The maximum Gasteiger partial charge on any atom is 0.192 e. The third-order valence-electron chi connectivity index (χ3n) is 4.04. The summed E-state index contributed by atoms with van der Waals surface area (Å²) < 4.78 is 11.8. The van der Waals surface area contributed by atoms with E-state index >= 15 is 0 Å². The van der Waals surface area contributed by atoms with Gasteiger partial charge in [0, 0.05) is 6.54 Å². The van der Waals surface area contributed by atoms with Gasteiger partial charge in [-0.2, -0.15) is 0 Å². The molecule has 17 heavy (non-hydrogen) atoms. The smallest absolute Gasteiger partial charge is 0.192 e. The van der Waals surface area contributed by atoms with E-state index in [4.69, 9.17) is 14.9 Å². The Morgan fingerprint density at radius 2 is 1.94 bits per heavy atom. The van der Waals surface area contributed by atoms with Gasteiger partial charge in [-0.05, 0) is 18.1 Å². The molecule has 0 aromatic heterocycles. The molecular formula is C11H26BNO3Si. The Balaban J connectivity index is 2.75. The third kappa shape index (κ3) is 3.12. The van der Waals surface area contributed by atoms with Crippen molar-refractivity contribution < 1.29 is 14.3 Å². The normalized spacial score (nSPS) is 35.2. The van der Waals surface area contributed by atoms with Gasteiger partial charge in [-0.3, -0.25) is 0 Å². The van der Waals surface area contributed by atoms with Crippen molar-refractivity contribution in [1.29, 1.82) is 0 Å². The highest BCUT2D eigenvalue weighted by Gasteiger charge is 2.47. The minimum Gasteiger partial charge on any atom is -0.409 e. The average molecular weight is 259 g/mol. The first-order chi connectivity index (χ1) is 7.60. The fraction of sp³-hybridized carbons (Fsp3) is 1.00. The lowest BCUT2D eigenvalue weighted by molar-refractivity contribution is 0.0299. The van der Waals surface area contributed by atoms with Crippen molar-refractivity contribution in [2.75, 3.05) is 6.54 Å². The van der Waals surface area contributed by atoms with E-state index in [0.717, 1.165) is 0 Å². The lowest BCUT2D eigenvalue weighted by atomic mass is 9.93.